The minimum atomic E-state index is -4.39. The van der Waals surface area contributed by atoms with Crippen molar-refractivity contribution in [2.24, 2.45) is 11.0 Å². The van der Waals surface area contributed by atoms with Crippen LogP contribution in [0.4, 0.5) is 0 Å². The Morgan fingerprint density at radius 1 is 1.25 bits per heavy atom. The van der Waals surface area contributed by atoms with E-state index in [9.17, 15) is 13.0 Å². The normalized spacial score (nSPS) is 16.1. The van der Waals surface area contributed by atoms with Crippen molar-refractivity contribution in [1.82, 2.24) is 5.01 Å². The molecule has 7 heteroatoms. The first-order chi connectivity index (χ1) is 13.3. The Labute approximate surface area is 171 Å². The van der Waals surface area contributed by atoms with Crippen molar-refractivity contribution in [3.05, 3.63) is 52.5 Å². The monoisotopic (exact) mass is 420 g/mol. The van der Waals surface area contributed by atoms with E-state index in [-0.39, 0.29) is 4.90 Å². The number of hydrazone groups is 1. The third kappa shape index (κ3) is 4.74. The summed E-state index contributed by atoms with van der Waals surface area (Å²) in [4.78, 5) is -0.0800. The number of nitrogens with zero attached hydrogens (tertiary/aromatic N) is 2. The maximum Gasteiger partial charge on any atom is 0.295 e. The third-order valence-electron chi connectivity index (χ3n) is 5.13. The van der Waals surface area contributed by atoms with Gasteiger partial charge in [0.25, 0.3) is 10.1 Å². The van der Waals surface area contributed by atoms with Crippen molar-refractivity contribution in [3.8, 4) is 11.1 Å². The predicted octanol–water partition coefficient (Wildman–Crippen LogP) is 4.82. The van der Waals surface area contributed by atoms with Gasteiger partial charge in [0.05, 0.1) is 0 Å². The molecule has 2 aromatic rings. The molecule has 0 aromatic heterocycles. The van der Waals surface area contributed by atoms with Gasteiger partial charge in [-0.15, -0.1) is 0 Å². The lowest BCUT2D eigenvalue weighted by molar-refractivity contribution is 0.191. The Hall–Kier alpha value is -1.89. The van der Waals surface area contributed by atoms with Crippen molar-refractivity contribution < 1.29 is 13.0 Å². The highest BCUT2D eigenvalue weighted by Gasteiger charge is 2.25. The summed E-state index contributed by atoms with van der Waals surface area (Å²) in [7, 11) is -4.39. The highest BCUT2D eigenvalue weighted by Crippen LogP contribution is 2.38. The second kappa shape index (κ2) is 8.64. The first-order valence-corrected chi connectivity index (χ1v) is 11.2. The fourth-order valence-corrected chi connectivity index (χ4v) is 4.94. The summed E-state index contributed by atoms with van der Waals surface area (Å²) in [5.41, 5.74) is 2.83. The van der Waals surface area contributed by atoms with E-state index in [0.717, 1.165) is 43.5 Å². The average molecular weight is 421 g/mol. The summed E-state index contributed by atoms with van der Waals surface area (Å²) in [5, 5.41) is 6.86. The fourth-order valence-electron chi connectivity index (χ4n) is 3.87. The molecule has 0 atom stereocenters. The first kappa shape index (κ1) is 20.8. The van der Waals surface area contributed by atoms with E-state index >= 15 is 0 Å². The smallest absolute Gasteiger partial charge is 0.295 e. The lowest BCUT2D eigenvalue weighted by atomic mass is 9.86. The standard InChI is InChI=1S/C21H25ClN2O3S/c1-3-23-24-10-8-16(9-11-24)14-17-12-15(2)13-20(28(25,26)27)21(17)18-6-4-5-7-19(18)22/h3-7,12-13,16H,8-11,14H2,1-2H3,(H,25,26,27)/b23-3+. The quantitative estimate of drug-likeness (QED) is 0.556. The molecule has 0 saturated carbocycles. The van der Waals surface area contributed by atoms with Crippen LogP contribution in [0, 0.1) is 12.8 Å². The van der Waals surface area contributed by atoms with Crippen molar-refractivity contribution in [2.45, 2.75) is 38.0 Å². The number of halogens is 1. The highest BCUT2D eigenvalue weighted by molar-refractivity contribution is 7.86. The number of hydrogen-bond donors (Lipinski definition) is 1. The Bertz CT molecular complexity index is 981. The Balaban J connectivity index is 2.04. The van der Waals surface area contributed by atoms with Gasteiger partial charge in [-0.2, -0.15) is 13.5 Å². The molecule has 0 unspecified atom stereocenters. The van der Waals surface area contributed by atoms with E-state index in [4.69, 9.17) is 11.6 Å². The Kier molecular flexibility index (Phi) is 6.43. The number of benzene rings is 2. The molecule has 1 heterocycles. The molecule has 1 fully saturated rings. The summed E-state index contributed by atoms with van der Waals surface area (Å²) in [6.45, 7) is 5.51. The summed E-state index contributed by atoms with van der Waals surface area (Å²) >= 11 is 6.39. The van der Waals surface area contributed by atoms with E-state index in [1.165, 1.54) is 6.07 Å². The van der Waals surface area contributed by atoms with Gasteiger partial charge in [0.1, 0.15) is 4.90 Å². The van der Waals surface area contributed by atoms with Crippen molar-refractivity contribution in [1.29, 1.82) is 0 Å². The number of rotatable bonds is 5. The van der Waals surface area contributed by atoms with Crippen molar-refractivity contribution in [2.75, 3.05) is 13.1 Å². The molecule has 0 spiro atoms. The molecule has 1 aliphatic rings. The molecule has 1 saturated heterocycles. The van der Waals surface area contributed by atoms with Crippen LogP contribution in [-0.2, 0) is 16.5 Å². The second-order valence-corrected chi connectivity index (χ2v) is 9.02. The van der Waals surface area contributed by atoms with E-state index in [1.54, 1.807) is 24.4 Å². The van der Waals surface area contributed by atoms with Crippen LogP contribution in [0.15, 0.2) is 46.4 Å². The van der Waals surface area contributed by atoms with Gasteiger partial charge in [0.2, 0.25) is 0 Å². The summed E-state index contributed by atoms with van der Waals surface area (Å²) in [6.07, 6.45) is 4.49. The molecule has 1 aliphatic heterocycles. The zero-order chi connectivity index (χ0) is 20.3. The van der Waals surface area contributed by atoms with Gasteiger partial charge in [-0.1, -0.05) is 35.9 Å². The van der Waals surface area contributed by atoms with Crippen molar-refractivity contribution >= 4 is 27.9 Å². The van der Waals surface area contributed by atoms with Gasteiger partial charge >= 0.3 is 0 Å². The molecular formula is C21H25ClN2O3S. The zero-order valence-electron chi connectivity index (χ0n) is 16.1. The molecule has 0 radical (unpaired) electrons. The number of piperidine rings is 1. The minimum absolute atomic E-state index is 0.0800. The van der Waals surface area contributed by atoms with Crippen LogP contribution in [0.25, 0.3) is 11.1 Å². The van der Waals surface area contributed by atoms with Crippen molar-refractivity contribution in [3.63, 3.8) is 0 Å². The molecule has 150 valence electrons. The van der Waals surface area contributed by atoms with Crippen LogP contribution < -0.4 is 0 Å². The lowest BCUT2D eigenvalue weighted by Gasteiger charge is -2.30. The average Bonchev–Trinajstić information content (AvgIpc) is 2.63. The van der Waals surface area contributed by atoms with E-state index < -0.39 is 10.1 Å². The van der Waals surface area contributed by atoms with Gasteiger partial charge in [-0.3, -0.25) is 9.56 Å². The van der Waals surface area contributed by atoms with Gasteiger partial charge in [-0.25, -0.2) is 0 Å². The summed E-state index contributed by atoms with van der Waals surface area (Å²) in [6, 6.07) is 10.7. The molecular weight excluding hydrogens is 396 g/mol. The number of aryl methyl sites for hydroxylation is 1. The third-order valence-corrected chi connectivity index (χ3v) is 6.33. The van der Waals surface area contributed by atoms with E-state index in [1.807, 2.05) is 26.0 Å². The van der Waals surface area contributed by atoms with Crippen LogP contribution in [0.3, 0.4) is 0 Å². The molecule has 0 aliphatic carbocycles. The van der Waals surface area contributed by atoms with Gasteiger partial charge in [-0.05, 0) is 62.3 Å². The van der Waals surface area contributed by atoms with E-state index in [2.05, 4.69) is 10.1 Å². The fraction of sp³-hybridized carbons (Fsp3) is 0.381. The highest BCUT2D eigenvalue weighted by atomic mass is 35.5. The molecule has 2 aromatic carbocycles. The molecule has 0 bridgehead atoms. The molecule has 0 amide bonds. The van der Waals surface area contributed by atoms with E-state index in [0.29, 0.717) is 22.1 Å². The first-order valence-electron chi connectivity index (χ1n) is 9.39. The predicted molar refractivity (Wildman–Crippen MR) is 114 cm³/mol. The Morgan fingerprint density at radius 2 is 1.93 bits per heavy atom. The minimum Gasteiger partial charge on any atom is -0.297 e. The molecule has 5 nitrogen and oxygen atoms in total. The Morgan fingerprint density at radius 3 is 2.54 bits per heavy atom. The largest absolute Gasteiger partial charge is 0.297 e. The zero-order valence-corrected chi connectivity index (χ0v) is 17.7. The number of hydrogen-bond acceptors (Lipinski definition) is 4. The van der Waals surface area contributed by atoms with Crippen LogP contribution in [0.1, 0.15) is 30.9 Å². The van der Waals surface area contributed by atoms with Gasteiger partial charge in [0.15, 0.2) is 0 Å². The molecule has 3 rings (SSSR count). The maximum absolute atomic E-state index is 12.1. The van der Waals surface area contributed by atoms with Gasteiger partial charge in [0, 0.05) is 35.5 Å². The SMILES string of the molecule is C/C=N/N1CCC(Cc2cc(C)cc(S(=O)(=O)O)c2-c2ccccc2Cl)CC1. The van der Waals surface area contributed by atoms with Crippen LogP contribution in [0.5, 0.6) is 0 Å². The molecule has 1 N–H and O–H groups in total. The molecule has 28 heavy (non-hydrogen) atoms. The van der Waals surface area contributed by atoms with Gasteiger partial charge < -0.3 is 0 Å². The van der Waals surface area contributed by atoms with Crippen LogP contribution in [0.2, 0.25) is 5.02 Å². The second-order valence-electron chi connectivity index (χ2n) is 7.23. The maximum atomic E-state index is 12.1. The summed E-state index contributed by atoms with van der Waals surface area (Å²) in [5.74, 6) is 0.417. The summed E-state index contributed by atoms with van der Waals surface area (Å²) < 4.78 is 34.2. The topological polar surface area (TPSA) is 70.0 Å². The lowest BCUT2D eigenvalue weighted by Crippen LogP contribution is -2.30. The van der Waals surface area contributed by atoms with Crippen LogP contribution in [-0.4, -0.2) is 37.3 Å². The van der Waals surface area contributed by atoms with Crippen LogP contribution >= 0.6 is 11.6 Å².